The van der Waals surface area contributed by atoms with E-state index in [0.717, 1.165) is 5.57 Å². The van der Waals surface area contributed by atoms with Crippen molar-refractivity contribution in [2.75, 3.05) is 18.4 Å². The van der Waals surface area contributed by atoms with Gasteiger partial charge in [0.1, 0.15) is 0 Å². The van der Waals surface area contributed by atoms with Gasteiger partial charge in [-0.3, -0.25) is 0 Å². The number of rotatable bonds is 5. The average Bonchev–Trinajstić information content (AvgIpc) is 2.37. The van der Waals surface area contributed by atoms with Crippen LogP contribution < -0.4 is 5.32 Å². The predicted molar refractivity (Wildman–Crippen MR) is 82.2 cm³/mol. The first-order valence-electron chi connectivity index (χ1n) is 6.09. The van der Waals surface area contributed by atoms with E-state index in [1.807, 2.05) is 13.8 Å². The molecule has 0 radical (unpaired) electrons. The molecule has 0 spiro atoms. The molecule has 0 aromatic heterocycles. The van der Waals surface area contributed by atoms with Crippen LogP contribution in [0.15, 0.2) is 34.8 Å². The monoisotopic (exact) mass is 340 g/mol. The van der Waals surface area contributed by atoms with Gasteiger partial charge < -0.3 is 15.3 Å². The molecule has 0 atom stereocenters. The Hall–Kier alpha value is -1.82. The number of aromatic carboxylic acids is 1. The molecule has 2 amide bonds. The fraction of sp³-hybridized carbons (Fsp3) is 0.286. The number of hydrogen-bond acceptors (Lipinski definition) is 2. The maximum absolute atomic E-state index is 12.2. The predicted octanol–water partition coefficient (Wildman–Crippen LogP) is 3.58. The van der Waals surface area contributed by atoms with Crippen LogP contribution in [-0.4, -0.2) is 35.1 Å². The number of carbonyl (C=O) groups is 2. The molecule has 1 aromatic rings. The summed E-state index contributed by atoms with van der Waals surface area (Å²) in [5.41, 5.74) is 1.15. The van der Waals surface area contributed by atoms with Crippen molar-refractivity contribution in [3.8, 4) is 0 Å². The van der Waals surface area contributed by atoms with E-state index in [4.69, 9.17) is 5.11 Å². The number of carboxylic acid groups (broad SMARTS) is 1. The van der Waals surface area contributed by atoms with E-state index in [-0.39, 0.29) is 17.3 Å². The van der Waals surface area contributed by atoms with Gasteiger partial charge in [0.25, 0.3) is 0 Å². The number of nitrogens with one attached hydrogen (secondary N) is 1. The molecule has 0 aliphatic rings. The lowest BCUT2D eigenvalue weighted by molar-refractivity contribution is 0.0698. The maximum atomic E-state index is 12.2. The molecular weight excluding hydrogens is 324 g/mol. The lowest BCUT2D eigenvalue weighted by atomic mass is 10.2. The van der Waals surface area contributed by atoms with E-state index in [2.05, 4.69) is 27.8 Å². The van der Waals surface area contributed by atoms with Crippen molar-refractivity contribution in [3.05, 3.63) is 40.4 Å². The first kappa shape index (κ1) is 16.2. The van der Waals surface area contributed by atoms with Crippen LogP contribution in [-0.2, 0) is 0 Å². The Balaban J connectivity index is 3.00. The Morgan fingerprint density at radius 3 is 2.60 bits per heavy atom. The first-order chi connectivity index (χ1) is 9.36. The summed E-state index contributed by atoms with van der Waals surface area (Å²) in [6.07, 6.45) is 0. The van der Waals surface area contributed by atoms with Crippen molar-refractivity contribution in [1.29, 1.82) is 0 Å². The molecule has 5 nitrogen and oxygen atoms in total. The lowest BCUT2D eigenvalue weighted by Crippen LogP contribution is -2.36. The number of carboxylic acids is 1. The van der Waals surface area contributed by atoms with Gasteiger partial charge in [0.2, 0.25) is 0 Å². The van der Waals surface area contributed by atoms with Crippen LogP contribution in [0.4, 0.5) is 10.5 Å². The Morgan fingerprint density at radius 1 is 1.45 bits per heavy atom. The molecule has 0 heterocycles. The van der Waals surface area contributed by atoms with Crippen LogP contribution in [0.5, 0.6) is 0 Å². The fourth-order valence-electron chi connectivity index (χ4n) is 1.67. The Bertz CT molecular complexity index is 543. The zero-order chi connectivity index (χ0) is 15.3. The summed E-state index contributed by atoms with van der Waals surface area (Å²) in [5.74, 6) is -1.09. The summed E-state index contributed by atoms with van der Waals surface area (Å²) in [4.78, 5) is 24.9. The number of para-hydroxylation sites is 1. The third-order valence-electron chi connectivity index (χ3n) is 2.61. The Kier molecular flexibility index (Phi) is 5.76. The van der Waals surface area contributed by atoms with Gasteiger partial charge in [-0.1, -0.05) is 18.2 Å². The van der Waals surface area contributed by atoms with Crippen molar-refractivity contribution in [2.24, 2.45) is 0 Å². The molecule has 0 unspecified atom stereocenters. The van der Waals surface area contributed by atoms with Crippen molar-refractivity contribution in [1.82, 2.24) is 4.90 Å². The zero-order valence-electron chi connectivity index (χ0n) is 11.4. The summed E-state index contributed by atoms with van der Waals surface area (Å²) in [6, 6.07) is 4.37. The molecule has 0 bridgehead atoms. The highest BCUT2D eigenvalue weighted by molar-refractivity contribution is 9.10. The van der Waals surface area contributed by atoms with Crippen molar-refractivity contribution in [2.45, 2.75) is 13.8 Å². The van der Waals surface area contributed by atoms with E-state index in [1.54, 1.807) is 17.0 Å². The minimum absolute atomic E-state index is 0.0408. The van der Waals surface area contributed by atoms with Crippen molar-refractivity contribution >= 4 is 33.6 Å². The normalized spacial score (nSPS) is 9.95. The third kappa shape index (κ3) is 4.09. The highest BCUT2D eigenvalue weighted by atomic mass is 79.9. The van der Waals surface area contributed by atoms with Crippen molar-refractivity contribution < 1.29 is 14.7 Å². The van der Waals surface area contributed by atoms with E-state index < -0.39 is 5.97 Å². The minimum atomic E-state index is -1.09. The summed E-state index contributed by atoms with van der Waals surface area (Å²) >= 11 is 3.25. The Labute approximate surface area is 126 Å². The molecule has 0 saturated carbocycles. The van der Waals surface area contributed by atoms with Crippen LogP contribution in [0, 0.1) is 0 Å². The number of halogens is 1. The number of urea groups is 1. The summed E-state index contributed by atoms with van der Waals surface area (Å²) in [7, 11) is 0. The van der Waals surface area contributed by atoms with Crippen LogP contribution in [0.25, 0.3) is 0 Å². The summed E-state index contributed by atoms with van der Waals surface area (Å²) in [5, 5.41) is 11.8. The van der Waals surface area contributed by atoms with Gasteiger partial charge in [-0.25, -0.2) is 9.59 Å². The molecule has 2 N–H and O–H groups in total. The topological polar surface area (TPSA) is 69.6 Å². The highest BCUT2D eigenvalue weighted by Crippen LogP contribution is 2.26. The number of likely N-dealkylation sites (N-methyl/N-ethyl adjacent to an activating group) is 1. The average molecular weight is 341 g/mol. The highest BCUT2D eigenvalue weighted by Gasteiger charge is 2.18. The standard InChI is InChI=1S/C14H17BrN2O3/c1-4-17(8-9(2)3)14(20)16-12-10(13(18)19)6-5-7-11(12)15/h5-7H,2,4,8H2,1,3H3,(H,16,20)(H,18,19). The van der Waals surface area contributed by atoms with Crippen LogP contribution >= 0.6 is 15.9 Å². The van der Waals surface area contributed by atoms with Crippen LogP contribution in [0.3, 0.4) is 0 Å². The SMILES string of the molecule is C=C(C)CN(CC)C(=O)Nc1c(Br)cccc1C(=O)O. The molecule has 20 heavy (non-hydrogen) atoms. The smallest absolute Gasteiger partial charge is 0.337 e. The molecule has 0 aliphatic heterocycles. The number of anilines is 1. The van der Waals surface area contributed by atoms with Gasteiger partial charge in [0.05, 0.1) is 11.3 Å². The number of hydrogen-bond donors (Lipinski definition) is 2. The van der Waals surface area contributed by atoms with Gasteiger partial charge >= 0.3 is 12.0 Å². The van der Waals surface area contributed by atoms with Crippen LogP contribution in [0.2, 0.25) is 0 Å². The van der Waals surface area contributed by atoms with E-state index in [1.165, 1.54) is 6.07 Å². The summed E-state index contributed by atoms with van der Waals surface area (Å²) in [6.45, 7) is 8.38. The minimum Gasteiger partial charge on any atom is -0.478 e. The molecule has 6 heteroatoms. The zero-order valence-corrected chi connectivity index (χ0v) is 13.0. The van der Waals surface area contributed by atoms with Crippen molar-refractivity contribution in [3.63, 3.8) is 0 Å². The molecule has 1 rings (SSSR count). The molecule has 108 valence electrons. The molecule has 0 fully saturated rings. The largest absolute Gasteiger partial charge is 0.478 e. The lowest BCUT2D eigenvalue weighted by Gasteiger charge is -2.22. The number of nitrogens with zero attached hydrogens (tertiary/aromatic N) is 1. The van der Waals surface area contributed by atoms with Gasteiger partial charge in [0.15, 0.2) is 0 Å². The number of benzene rings is 1. The molecule has 1 aromatic carbocycles. The second-order valence-electron chi connectivity index (χ2n) is 4.37. The molecule has 0 aliphatic carbocycles. The Morgan fingerprint density at radius 2 is 2.10 bits per heavy atom. The van der Waals surface area contributed by atoms with Gasteiger partial charge in [-0.2, -0.15) is 0 Å². The summed E-state index contributed by atoms with van der Waals surface area (Å²) < 4.78 is 0.525. The van der Waals surface area contributed by atoms with Crippen LogP contribution in [0.1, 0.15) is 24.2 Å². The van der Waals surface area contributed by atoms with E-state index in [9.17, 15) is 9.59 Å². The van der Waals surface area contributed by atoms with Gasteiger partial charge in [0, 0.05) is 17.6 Å². The quantitative estimate of drug-likeness (QED) is 0.805. The second kappa shape index (κ2) is 7.09. The third-order valence-corrected chi connectivity index (χ3v) is 3.27. The second-order valence-corrected chi connectivity index (χ2v) is 5.22. The van der Waals surface area contributed by atoms with E-state index >= 15 is 0 Å². The number of amides is 2. The first-order valence-corrected chi connectivity index (χ1v) is 6.88. The van der Waals surface area contributed by atoms with Gasteiger partial charge in [-0.15, -0.1) is 0 Å². The van der Waals surface area contributed by atoms with E-state index in [0.29, 0.717) is 17.6 Å². The molecule has 0 saturated heterocycles. The molecular formula is C14H17BrN2O3. The van der Waals surface area contributed by atoms with Gasteiger partial charge in [-0.05, 0) is 41.9 Å². The fourth-order valence-corrected chi connectivity index (χ4v) is 2.13. The number of carbonyl (C=O) groups excluding carboxylic acids is 1. The maximum Gasteiger partial charge on any atom is 0.337 e.